The van der Waals surface area contributed by atoms with Gasteiger partial charge in [-0.2, -0.15) is 4.98 Å². The topological polar surface area (TPSA) is 93.7 Å². The highest BCUT2D eigenvalue weighted by molar-refractivity contribution is 6.28. The van der Waals surface area contributed by atoms with E-state index < -0.39 is 23.9 Å². The summed E-state index contributed by atoms with van der Waals surface area (Å²) in [4.78, 5) is 33.9. The number of fused-ring (bicyclic) bond motifs is 1. The second-order valence-electron chi connectivity index (χ2n) is 6.96. The van der Waals surface area contributed by atoms with Crippen LogP contribution in [-0.2, 0) is 9.47 Å². The zero-order valence-electron chi connectivity index (χ0n) is 15.3. The Morgan fingerprint density at radius 3 is 2.81 bits per heavy atom. The minimum absolute atomic E-state index is 0.0173. The number of rotatable bonds is 2. The molecule has 0 radical (unpaired) electrons. The number of carbonyl (C=O) groups is 2. The van der Waals surface area contributed by atoms with E-state index in [0.717, 1.165) is 0 Å². The van der Waals surface area contributed by atoms with Crippen molar-refractivity contribution in [3.63, 3.8) is 0 Å². The van der Waals surface area contributed by atoms with E-state index in [-0.39, 0.29) is 5.28 Å². The number of aromatic nitrogens is 2. The number of amides is 2. The van der Waals surface area contributed by atoms with Crippen LogP contribution < -0.4 is 10.2 Å². The number of cyclic esters (lactones) is 1. The quantitative estimate of drug-likeness (QED) is 0.738. The van der Waals surface area contributed by atoms with Crippen molar-refractivity contribution >= 4 is 41.0 Å². The first kappa shape index (κ1) is 18.9. The summed E-state index contributed by atoms with van der Waals surface area (Å²) < 4.78 is 10.6. The third-order valence-corrected chi connectivity index (χ3v) is 3.81. The Bertz CT molecular complexity index is 897. The van der Waals surface area contributed by atoms with Crippen LogP contribution in [0, 0.1) is 0 Å². The molecule has 0 saturated heterocycles. The van der Waals surface area contributed by atoms with Gasteiger partial charge in [-0.15, -0.1) is 0 Å². The number of nitrogens with one attached hydrogen (secondary N) is 1. The maximum absolute atomic E-state index is 12.5. The summed E-state index contributed by atoms with van der Waals surface area (Å²) >= 11 is 5.91. The Hall–Kier alpha value is -2.87. The number of carbonyl (C=O) groups excluding carboxylic acids is 2. The second-order valence-corrected chi connectivity index (χ2v) is 7.29. The largest absolute Gasteiger partial charge is 0.444 e. The summed E-state index contributed by atoms with van der Waals surface area (Å²) in [5.41, 5.74) is 0.914. The molecular weight excluding hydrogens is 372 g/mol. The lowest BCUT2D eigenvalue weighted by atomic mass is 10.1. The molecule has 1 aliphatic heterocycles. The Balaban J connectivity index is 1.93. The van der Waals surface area contributed by atoms with Crippen LogP contribution in [0.5, 0.6) is 0 Å². The SMILES string of the molecule is CC1OC(=O)N(c2cccc(NC(=O)OC(C)(C)C)c2)c2nc(Cl)ncc21. The molecule has 0 aliphatic carbocycles. The van der Waals surface area contributed by atoms with Gasteiger partial charge in [0.1, 0.15) is 11.7 Å². The van der Waals surface area contributed by atoms with Crippen molar-refractivity contribution in [2.24, 2.45) is 0 Å². The van der Waals surface area contributed by atoms with Crippen LogP contribution in [-0.4, -0.2) is 27.8 Å². The first-order chi connectivity index (χ1) is 12.6. The molecule has 142 valence electrons. The Labute approximate surface area is 161 Å². The number of halogens is 1. The van der Waals surface area contributed by atoms with Gasteiger partial charge < -0.3 is 9.47 Å². The van der Waals surface area contributed by atoms with E-state index in [1.807, 2.05) is 0 Å². The summed E-state index contributed by atoms with van der Waals surface area (Å²) in [6, 6.07) is 6.67. The third-order valence-electron chi connectivity index (χ3n) is 3.63. The van der Waals surface area contributed by atoms with E-state index >= 15 is 0 Å². The monoisotopic (exact) mass is 390 g/mol. The number of hydrogen-bond acceptors (Lipinski definition) is 6. The Morgan fingerprint density at radius 1 is 1.37 bits per heavy atom. The molecule has 1 aliphatic rings. The standard InChI is InChI=1S/C18H19ClN4O4/c1-10-13-9-20-15(19)22-14(13)23(17(25)26-10)12-7-5-6-11(8-12)21-16(24)27-18(2,3)4/h5-10H,1-4H3,(H,21,24). The van der Waals surface area contributed by atoms with E-state index in [2.05, 4.69) is 15.3 Å². The molecule has 0 spiro atoms. The molecule has 1 aromatic heterocycles. The van der Waals surface area contributed by atoms with Gasteiger partial charge in [-0.1, -0.05) is 6.07 Å². The van der Waals surface area contributed by atoms with Crippen LogP contribution in [0.1, 0.15) is 39.4 Å². The lowest BCUT2D eigenvalue weighted by molar-refractivity contribution is 0.0636. The van der Waals surface area contributed by atoms with Gasteiger partial charge in [-0.25, -0.2) is 19.5 Å². The average Bonchev–Trinajstić information content (AvgIpc) is 2.52. The van der Waals surface area contributed by atoms with E-state index in [0.29, 0.717) is 22.8 Å². The zero-order chi connectivity index (χ0) is 19.8. The maximum atomic E-state index is 12.5. The fourth-order valence-electron chi connectivity index (χ4n) is 2.55. The average molecular weight is 391 g/mol. The van der Waals surface area contributed by atoms with E-state index in [1.54, 1.807) is 52.0 Å². The zero-order valence-corrected chi connectivity index (χ0v) is 16.1. The lowest BCUT2D eigenvalue weighted by Gasteiger charge is -2.31. The highest BCUT2D eigenvalue weighted by Crippen LogP contribution is 2.38. The molecule has 2 aromatic rings. The summed E-state index contributed by atoms with van der Waals surface area (Å²) in [6.07, 6.45) is -0.166. The number of hydrogen-bond donors (Lipinski definition) is 1. The molecule has 3 rings (SSSR count). The molecule has 2 amide bonds. The molecule has 1 N–H and O–H groups in total. The predicted octanol–water partition coefficient (Wildman–Crippen LogP) is 4.83. The predicted molar refractivity (Wildman–Crippen MR) is 100 cm³/mol. The van der Waals surface area contributed by atoms with Crippen molar-refractivity contribution in [3.8, 4) is 0 Å². The molecule has 1 atom stereocenters. The maximum Gasteiger partial charge on any atom is 0.420 e. The van der Waals surface area contributed by atoms with Gasteiger partial charge in [0.2, 0.25) is 5.28 Å². The molecule has 0 bridgehead atoms. The summed E-state index contributed by atoms with van der Waals surface area (Å²) in [7, 11) is 0. The molecule has 0 fully saturated rings. The first-order valence-electron chi connectivity index (χ1n) is 8.27. The van der Waals surface area contributed by atoms with Crippen LogP contribution in [0.4, 0.5) is 26.8 Å². The Kier molecular flexibility index (Phi) is 4.93. The number of ether oxygens (including phenoxy) is 2. The van der Waals surface area contributed by atoms with Crippen molar-refractivity contribution in [2.45, 2.75) is 39.4 Å². The van der Waals surface area contributed by atoms with E-state index in [1.165, 1.54) is 11.1 Å². The fourth-order valence-corrected chi connectivity index (χ4v) is 2.68. The minimum atomic E-state index is -0.624. The number of anilines is 3. The number of nitrogens with zero attached hydrogens (tertiary/aromatic N) is 3. The highest BCUT2D eigenvalue weighted by Gasteiger charge is 2.33. The van der Waals surface area contributed by atoms with Gasteiger partial charge in [0.25, 0.3) is 0 Å². The van der Waals surface area contributed by atoms with Crippen LogP contribution in [0.25, 0.3) is 0 Å². The van der Waals surface area contributed by atoms with Crippen molar-refractivity contribution < 1.29 is 19.1 Å². The van der Waals surface area contributed by atoms with Crippen LogP contribution in [0.15, 0.2) is 30.5 Å². The molecule has 0 saturated carbocycles. The van der Waals surface area contributed by atoms with Gasteiger partial charge in [0.15, 0.2) is 5.82 Å². The summed E-state index contributed by atoms with van der Waals surface area (Å²) in [6.45, 7) is 7.04. The number of benzene rings is 1. The Morgan fingerprint density at radius 2 is 2.11 bits per heavy atom. The van der Waals surface area contributed by atoms with Gasteiger partial charge in [-0.3, -0.25) is 5.32 Å². The van der Waals surface area contributed by atoms with Gasteiger partial charge in [0.05, 0.1) is 11.3 Å². The smallest absolute Gasteiger partial charge is 0.420 e. The van der Waals surface area contributed by atoms with Crippen molar-refractivity contribution in [1.82, 2.24) is 9.97 Å². The molecule has 8 nitrogen and oxygen atoms in total. The van der Waals surface area contributed by atoms with Crippen molar-refractivity contribution in [2.75, 3.05) is 10.2 Å². The van der Waals surface area contributed by atoms with Gasteiger partial charge in [0, 0.05) is 11.9 Å². The first-order valence-corrected chi connectivity index (χ1v) is 8.65. The van der Waals surface area contributed by atoms with Gasteiger partial charge in [-0.05, 0) is 57.5 Å². The summed E-state index contributed by atoms with van der Waals surface area (Å²) in [5.74, 6) is 0.341. The van der Waals surface area contributed by atoms with Crippen LogP contribution in [0.2, 0.25) is 5.28 Å². The van der Waals surface area contributed by atoms with Gasteiger partial charge >= 0.3 is 12.2 Å². The summed E-state index contributed by atoms with van der Waals surface area (Å²) in [5, 5.41) is 2.66. The highest BCUT2D eigenvalue weighted by atomic mass is 35.5. The molecular formula is C18H19ClN4O4. The molecule has 9 heteroatoms. The van der Waals surface area contributed by atoms with Crippen LogP contribution >= 0.6 is 11.6 Å². The second kappa shape index (κ2) is 7.03. The fraction of sp³-hybridized carbons (Fsp3) is 0.333. The molecule has 2 heterocycles. The molecule has 1 unspecified atom stereocenters. The van der Waals surface area contributed by atoms with E-state index in [4.69, 9.17) is 21.1 Å². The molecule has 27 heavy (non-hydrogen) atoms. The molecule has 1 aromatic carbocycles. The van der Waals surface area contributed by atoms with Crippen molar-refractivity contribution in [1.29, 1.82) is 0 Å². The lowest BCUT2D eigenvalue weighted by Crippen LogP contribution is -2.34. The third kappa shape index (κ3) is 4.28. The van der Waals surface area contributed by atoms with Crippen LogP contribution in [0.3, 0.4) is 0 Å². The van der Waals surface area contributed by atoms with Crippen molar-refractivity contribution in [3.05, 3.63) is 41.3 Å². The minimum Gasteiger partial charge on any atom is -0.444 e. The normalized spacial score (nSPS) is 16.4. The van der Waals surface area contributed by atoms with E-state index in [9.17, 15) is 9.59 Å².